The molecular weight excluding hydrogens is 307 g/mol. The third-order valence-corrected chi connectivity index (χ3v) is 5.27. The highest BCUT2D eigenvalue weighted by atomic mass is 32.2. The summed E-state index contributed by atoms with van der Waals surface area (Å²) in [7, 11) is -3.67. The van der Waals surface area contributed by atoms with Gasteiger partial charge in [0.1, 0.15) is 5.82 Å². The molecule has 0 aromatic heterocycles. The van der Waals surface area contributed by atoms with Gasteiger partial charge in [-0.3, -0.25) is 0 Å². The first-order valence-electron chi connectivity index (χ1n) is 7.54. The average Bonchev–Trinajstić information content (AvgIpc) is 2.44. The van der Waals surface area contributed by atoms with Crippen LogP contribution in [0, 0.1) is 12.7 Å². The van der Waals surface area contributed by atoms with E-state index in [1.165, 1.54) is 12.1 Å². The van der Waals surface area contributed by atoms with Crippen LogP contribution < -0.4 is 4.72 Å². The van der Waals surface area contributed by atoms with Gasteiger partial charge in [0.25, 0.3) is 0 Å². The third-order valence-electron chi connectivity index (χ3n) is 3.83. The summed E-state index contributed by atoms with van der Waals surface area (Å²) in [5.74, 6) is -0.549. The molecule has 0 atom stereocenters. The molecule has 0 unspecified atom stereocenters. The number of aryl methyl sites for hydroxylation is 1. The van der Waals surface area contributed by atoms with Crippen LogP contribution in [0.3, 0.4) is 0 Å². The Morgan fingerprint density at radius 3 is 2.64 bits per heavy atom. The molecule has 1 aromatic carbocycles. The maximum atomic E-state index is 13.3. The Morgan fingerprint density at radius 1 is 1.32 bits per heavy atom. The number of benzene rings is 1. The minimum Gasteiger partial charge on any atom is -0.393 e. The maximum Gasteiger partial charge on any atom is 0.240 e. The van der Waals surface area contributed by atoms with E-state index in [9.17, 15) is 17.9 Å². The molecule has 7 heteroatoms. The predicted octanol–water partition coefficient (Wildman–Crippen LogP) is 1.26. The van der Waals surface area contributed by atoms with Crippen LogP contribution in [0.2, 0.25) is 0 Å². The number of aliphatic hydroxyl groups excluding tert-OH is 1. The highest BCUT2D eigenvalue weighted by Gasteiger charge is 2.17. The van der Waals surface area contributed by atoms with E-state index < -0.39 is 15.8 Å². The third kappa shape index (κ3) is 5.01. The lowest BCUT2D eigenvalue weighted by atomic mass is 10.1. The molecule has 0 spiro atoms. The Kier molecular flexibility index (Phi) is 5.91. The molecule has 1 saturated heterocycles. The van der Waals surface area contributed by atoms with Gasteiger partial charge in [-0.25, -0.2) is 17.5 Å². The molecule has 1 fully saturated rings. The zero-order valence-corrected chi connectivity index (χ0v) is 13.6. The predicted molar refractivity (Wildman–Crippen MR) is 82.6 cm³/mol. The van der Waals surface area contributed by atoms with E-state index in [1.807, 2.05) is 0 Å². The van der Waals surface area contributed by atoms with E-state index >= 15 is 0 Å². The topological polar surface area (TPSA) is 69.6 Å². The van der Waals surface area contributed by atoms with Crippen LogP contribution in [0.1, 0.15) is 24.8 Å². The molecule has 0 amide bonds. The van der Waals surface area contributed by atoms with Crippen LogP contribution in [0.15, 0.2) is 23.1 Å². The van der Waals surface area contributed by atoms with Crippen molar-refractivity contribution in [1.29, 1.82) is 0 Å². The van der Waals surface area contributed by atoms with E-state index in [2.05, 4.69) is 9.62 Å². The summed E-state index contributed by atoms with van der Waals surface area (Å²) in [6.45, 7) is 4.45. The molecule has 1 aliphatic rings. The van der Waals surface area contributed by atoms with Crippen molar-refractivity contribution in [1.82, 2.24) is 9.62 Å². The number of halogens is 1. The Balaban J connectivity index is 1.80. The van der Waals surface area contributed by atoms with Crippen LogP contribution in [0.5, 0.6) is 0 Å². The van der Waals surface area contributed by atoms with Crippen molar-refractivity contribution >= 4 is 10.0 Å². The summed E-state index contributed by atoms with van der Waals surface area (Å²) >= 11 is 0. The van der Waals surface area contributed by atoms with Crippen LogP contribution in [0.4, 0.5) is 4.39 Å². The van der Waals surface area contributed by atoms with E-state index in [0.29, 0.717) is 18.5 Å². The van der Waals surface area contributed by atoms with Crippen LogP contribution >= 0.6 is 0 Å². The first kappa shape index (κ1) is 17.3. The van der Waals surface area contributed by atoms with Gasteiger partial charge < -0.3 is 10.0 Å². The minimum atomic E-state index is -3.67. The summed E-state index contributed by atoms with van der Waals surface area (Å²) in [4.78, 5) is 2.18. The van der Waals surface area contributed by atoms with Gasteiger partial charge in [0.2, 0.25) is 10.0 Å². The number of aliphatic hydroxyl groups is 1. The zero-order valence-electron chi connectivity index (χ0n) is 12.8. The Labute approximate surface area is 131 Å². The molecule has 1 heterocycles. The molecule has 1 aromatic rings. The molecule has 0 aliphatic carbocycles. The zero-order chi connectivity index (χ0) is 16.2. The highest BCUT2D eigenvalue weighted by Crippen LogP contribution is 2.14. The van der Waals surface area contributed by atoms with Gasteiger partial charge >= 0.3 is 0 Å². The number of sulfonamides is 1. The lowest BCUT2D eigenvalue weighted by Gasteiger charge is -2.29. The SMILES string of the molecule is Cc1cc(F)cc(S(=O)(=O)NCCCN2CCC(O)CC2)c1. The standard InChI is InChI=1S/C15H23FN2O3S/c1-12-9-13(16)11-15(10-12)22(20,21)17-5-2-6-18-7-3-14(19)4-8-18/h9-11,14,17,19H,2-8H2,1H3. The molecule has 2 rings (SSSR count). The summed E-state index contributed by atoms with van der Waals surface area (Å²) in [6, 6.07) is 3.78. The first-order chi connectivity index (χ1) is 10.4. The molecule has 124 valence electrons. The summed E-state index contributed by atoms with van der Waals surface area (Å²) in [5, 5.41) is 9.43. The summed E-state index contributed by atoms with van der Waals surface area (Å²) in [5.41, 5.74) is 0.576. The quantitative estimate of drug-likeness (QED) is 0.771. The van der Waals surface area contributed by atoms with Gasteiger partial charge in [0.05, 0.1) is 11.0 Å². The number of hydrogen-bond acceptors (Lipinski definition) is 4. The van der Waals surface area contributed by atoms with Crippen molar-refractivity contribution < 1.29 is 17.9 Å². The summed E-state index contributed by atoms with van der Waals surface area (Å²) < 4.78 is 40.0. The maximum absolute atomic E-state index is 13.3. The van der Waals surface area contributed by atoms with Gasteiger partial charge in [-0.2, -0.15) is 0 Å². The fourth-order valence-corrected chi connectivity index (χ4v) is 3.78. The molecule has 0 radical (unpaired) electrons. The van der Waals surface area contributed by atoms with Crippen molar-refractivity contribution in [2.45, 2.75) is 37.2 Å². The second-order valence-corrected chi connectivity index (χ2v) is 7.56. The largest absolute Gasteiger partial charge is 0.393 e. The second kappa shape index (κ2) is 7.50. The fourth-order valence-electron chi connectivity index (χ4n) is 2.59. The van der Waals surface area contributed by atoms with Gasteiger partial charge in [0, 0.05) is 19.6 Å². The van der Waals surface area contributed by atoms with Gasteiger partial charge in [-0.05, 0) is 56.5 Å². The van der Waals surface area contributed by atoms with Crippen molar-refractivity contribution in [3.05, 3.63) is 29.6 Å². The van der Waals surface area contributed by atoms with Crippen LogP contribution in [0.25, 0.3) is 0 Å². The summed E-state index contributed by atoms with van der Waals surface area (Å²) in [6.07, 6.45) is 2.03. The number of nitrogens with zero attached hydrogens (tertiary/aromatic N) is 1. The number of hydrogen-bond donors (Lipinski definition) is 2. The van der Waals surface area contributed by atoms with E-state index in [0.717, 1.165) is 38.5 Å². The highest BCUT2D eigenvalue weighted by molar-refractivity contribution is 7.89. The Morgan fingerprint density at radius 2 is 2.00 bits per heavy atom. The molecule has 0 saturated carbocycles. The number of piperidine rings is 1. The molecular formula is C15H23FN2O3S. The molecule has 2 N–H and O–H groups in total. The molecule has 22 heavy (non-hydrogen) atoms. The van der Waals surface area contributed by atoms with Crippen molar-refractivity contribution in [3.63, 3.8) is 0 Å². The van der Waals surface area contributed by atoms with E-state index in [4.69, 9.17) is 0 Å². The van der Waals surface area contributed by atoms with Crippen molar-refractivity contribution in [2.75, 3.05) is 26.2 Å². The fraction of sp³-hybridized carbons (Fsp3) is 0.600. The smallest absolute Gasteiger partial charge is 0.240 e. The Bertz CT molecular complexity index is 579. The lowest BCUT2D eigenvalue weighted by molar-refractivity contribution is 0.0823. The monoisotopic (exact) mass is 330 g/mol. The average molecular weight is 330 g/mol. The molecule has 0 bridgehead atoms. The molecule has 5 nitrogen and oxygen atoms in total. The second-order valence-electron chi connectivity index (χ2n) is 5.79. The lowest BCUT2D eigenvalue weighted by Crippen LogP contribution is -2.37. The van der Waals surface area contributed by atoms with Crippen LogP contribution in [-0.4, -0.2) is 50.7 Å². The van der Waals surface area contributed by atoms with Gasteiger partial charge in [0.15, 0.2) is 0 Å². The van der Waals surface area contributed by atoms with E-state index in [-0.39, 0.29) is 11.0 Å². The van der Waals surface area contributed by atoms with Gasteiger partial charge in [-0.1, -0.05) is 0 Å². The normalized spacial score (nSPS) is 17.8. The Hall–Kier alpha value is -1.02. The molecule has 1 aliphatic heterocycles. The number of nitrogens with one attached hydrogen (secondary N) is 1. The van der Waals surface area contributed by atoms with Crippen molar-refractivity contribution in [2.24, 2.45) is 0 Å². The van der Waals surface area contributed by atoms with Crippen LogP contribution in [-0.2, 0) is 10.0 Å². The minimum absolute atomic E-state index is 0.0360. The number of rotatable bonds is 6. The van der Waals surface area contributed by atoms with E-state index in [1.54, 1.807) is 6.92 Å². The first-order valence-corrected chi connectivity index (χ1v) is 9.02. The van der Waals surface area contributed by atoms with Gasteiger partial charge in [-0.15, -0.1) is 0 Å². The number of likely N-dealkylation sites (tertiary alicyclic amines) is 1. The van der Waals surface area contributed by atoms with Crippen molar-refractivity contribution in [3.8, 4) is 0 Å².